The number of hydrogen-bond acceptors (Lipinski definition) is 2. The van der Waals surface area contributed by atoms with Crippen LogP contribution in [-0.2, 0) is 0 Å². The number of rotatable bonds is 5. The van der Waals surface area contributed by atoms with Crippen molar-refractivity contribution < 1.29 is 0 Å². The molecule has 0 unspecified atom stereocenters. The molecule has 2 nitrogen and oxygen atoms in total. The second-order valence-electron chi connectivity index (χ2n) is 6.80. The third-order valence-electron chi connectivity index (χ3n) is 4.96. The number of hydrogen-bond donors (Lipinski definition) is 0. The molecule has 0 aliphatic heterocycles. The molecular weight excluding hydrogens is 351 g/mol. The van der Waals surface area contributed by atoms with Gasteiger partial charge < -0.3 is 0 Å². The lowest BCUT2D eigenvalue weighted by atomic mass is 9.79. The van der Waals surface area contributed by atoms with E-state index in [-0.39, 0.29) is 0 Å². The number of aromatic nitrogens is 2. The molecule has 25 heavy (non-hydrogen) atoms. The Morgan fingerprint density at radius 3 is 2.40 bits per heavy atom. The van der Waals surface area contributed by atoms with Gasteiger partial charge in [0.15, 0.2) is 5.82 Å². The topological polar surface area (TPSA) is 25.8 Å². The predicted octanol–water partition coefficient (Wildman–Crippen LogP) is 7.08. The zero-order valence-electron chi connectivity index (χ0n) is 14.6. The van der Waals surface area contributed by atoms with E-state index in [0.29, 0.717) is 21.8 Å². The molecule has 1 fully saturated rings. The zero-order valence-corrected chi connectivity index (χ0v) is 16.1. The van der Waals surface area contributed by atoms with Gasteiger partial charge in [-0.25, -0.2) is 9.97 Å². The van der Waals surface area contributed by atoms with E-state index in [1.54, 1.807) is 6.07 Å². The Kier molecular flexibility index (Phi) is 6.50. The fraction of sp³-hybridized carbons (Fsp3) is 0.429. The second kappa shape index (κ2) is 8.82. The van der Waals surface area contributed by atoms with Gasteiger partial charge in [0.2, 0.25) is 0 Å². The summed E-state index contributed by atoms with van der Waals surface area (Å²) in [6.07, 6.45) is 16.1. The minimum Gasteiger partial charge on any atom is -0.236 e. The summed E-state index contributed by atoms with van der Waals surface area (Å²) in [6.45, 7) is 2.23. The van der Waals surface area contributed by atoms with Crippen LogP contribution in [0.2, 0.25) is 10.0 Å². The lowest BCUT2D eigenvalue weighted by Gasteiger charge is -2.26. The monoisotopic (exact) mass is 374 g/mol. The smallest absolute Gasteiger partial charge is 0.159 e. The molecule has 4 heteroatoms. The first kappa shape index (κ1) is 18.4. The zero-order chi connectivity index (χ0) is 17.6. The quantitative estimate of drug-likeness (QED) is 0.522. The van der Waals surface area contributed by atoms with Crippen LogP contribution >= 0.6 is 23.2 Å². The number of allylic oxidation sites excluding steroid dienone is 2. The van der Waals surface area contributed by atoms with Crippen molar-refractivity contribution in [3.63, 3.8) is 0 Å². The van der Waals surface area contributed by atoms with Crippen LogP contribution in [0.15, 0.2) is 42.7 Å². The fourth-order valence-corrected chi connectivity index (χ4v) is 3.73. The van der Waals surface area contributed by atoms with E-state index in [1.807, 2.05) is 24.5 Å². The molecule has 3 rings (SSSR count). The Labute approximate surface area is 160 Å². The molecule has 2 aromatic rings. The average molecular weight is 375 g/mol. The summed E-state index contributed by atoms with van der Waals surface area (Å²) in [6, 6.07) is 5.49. The van der Waals surface area contributed by atoms with E-state index in [4.69, 9.17) is 23.2 Å². The molecule has 1 aromatic heterocycles. The third-order valence-corrected chi connectivity index (χ3v) is 5.70. The molecule has 1 aromatic carbocycles. The van der Waals surface area contributed by atoms with Crippen LogP contribution in [0.5, 0.6) is 0 Å². The molecule has 132 valence electrons. The van der Waals surface area contributed by atoms with E-state index >= 15 is 0 Å². The highest BCUT2D eigenvalue weighted by Gasteiger charge is 2.21. The van der Waals surface area contributed by atoms with Crippen LogP contribution in [0.1, 0.15) is 56.9 Å². The van der Waals surface area contributed by atoms with E-state index < -0.39 is 0 Å². The molecule has 0 spiro atoms. The largest absolute Gasteiger partial charge is 0.236 e. The Balaban J connectivity index is 1.62. The van der Waals surface area contributed by atoms with E-state index in [0.717, 1.165) is 11.5 Å². The SMILES string of the molecule is CCC/C=C/C1CCC(c2cnc(-c3ccc(Cl)c(Cl)c3)nc2)CC1. The van der Waals surface area contributed by atoms with Crippen LogP contribution in [0.3, 0.4) is 0 Å². The van der Waals surface area contributed by atoms with Crippen LogP contribution < -0.4 is 0 Å². The highest BCUT2D eigenvalue weighted by atomic mass is 35.5. The summed E-state index contributed by atoms with van der Waals surface area (Å²) in [5, 5.41) is 1.08. The summed E-state index contributed by atoms with van der Waals surface area (Å²) < 4.78 is 0. The molecule has 0 radical (unpaired) electrons. The summed E-state index contributed by atoms with van der Waals surface area (Å²) in [5.74, 6) is 2.02. The van der Waals surface area contributed by atoms with Gasteiger partial charge in [0.25, 0.3) is 0 Å². The molecule has 1 aliphatic carbocycles. The van der Waals surface area contributed by atoms with Gasteiger partial charge in [-0.05, 0) is 67.7 Å². The standard InChI is InChI=1S/C21H24Cl2N2/c1-2-3-4-5-15-6-8-16(9-7-15)18-13-24-21(25-14-18)17-10-11-19(22)20(23)12-17/h4-5,10-16H,2-3,6-9H2,1H3/b5-4+. The lowest BCUT2D eigenvalue weighted by Crippen LogP contribution is -2.12. The van der Waals surface area contributed by atoms with Gasteiger partial charge in [-0.2, -0.15) is 0 Å². The number of unbranched alkanes of at least 4 members (excludes halogenated alkanes) is 1. The van der Waals surface area contributed by atoms with Crippen molar-refractivity contribution in [1.29, 1.82) is 0 Å². The van der Waals surface area contributed by atoms with Crippen molar-refractivity contribution in [2.75, 3.05) is 0 Å². The van der Waals surface area contributed by atoms with Crippen LogP contribution in [0.4, 0.5) is 0 Å². The third kappa shape index (κ3) is 4.83. The van der Waals surface area contributed by atoms with Gasteiger partial charge in [0, 0.05) is 18.0 Å². The van der Waals surface area contributed by atoms with Crippen molar-refractivity contribution in [3.05, 3.63) is 58.4 Å². The van der Waals surface area contributed by atoms with E-state index in [1.165, 1.54) is 44.1 Å². The van der Waals surface area contributed by atoms with Gasteiger partial charge in [0.05, 0.1) is 10.0 Å². The van der Waals surface area contributed by atoms with E-state index in [9.17, 15) is 0 Å². The van der Waals surface area contributed by atoms with Crippen molar-refractivity contribution >= 4 is 23.2 Å². The first-order valence-corrected chi connectivity index (χ1v) is 9.87. The summed E-state index contributed by atoms with van der Waals surface area (Å²) in [5.41, 5.74) is 2.14. The second-order valence-corrected chi connectivity index (χ2v) is 7.61. The minimum atomic E-state index is 0.529. The van der Waals surface area contributed by atoms with Gasteiger partial charge in [-0.1, -0.05) is 48.7 Å². The molecule has 0 atom stereocenters. The van der Waals surface area contributed by atoms with Crippen molar-refractivity contribution in [2.45, 2.75) is 51.4 Å². The van der Waals surface area contributed by atoms with Crippen LogP contribution in [0, 0.1) is 5.92 Å². The molecule has 1 heterocycles. The first-order valence-electron chi connectivity index (χ1n) is 9.11. The van der Waals surface area contributed by atoms with Crippen molar-refractivity contribution in [2.24, 2.45) is 5.92 Å². The van der Waals surface area contributed by atoms with Crippen molar-refractivity contribution in [3.8, 4) is 11.4 Å². The Morgan fingerprint density at radius 2 is 1.76 bits per heavy atom. The Hall–Kier alpha value is -1.38. The molecule has 0 bridgehead atoms. The number of halogens is 2. The van der Waals surface area contributed by atoms with Gasteiger partial charge >= 0.3 is 0 Å². The highest BCUT2D eigenvalue weighted by molar-refractivity contribution is 6.42. The van der Waals surface area contributed by atoms with Gasteiger partial charge in [-0.15, -0.1) is 0 Å². The maximum absolute atomic E-state index is 6.08. The maximum Gasteiger partial charge on any atom is 0.159 e. The first-order chi connectivity index (χ1) is 12.2. The summed E-state index contributed by atoms with van der Waals surface area (Å²) in [7, 11) is 0. The molecular formula is C21H24Cl2N2. The Morgan fingerprint density at radius 1 is 1.04 bits per heavy atom. The van der Waals surface area contributed by atoms with Gasteiger partial charge in [-0.3, -0.25) is 0 Å². The lowest BCUT2D eigenvalue weighted by molar-refractivity contribution is 0.374. The molecule has 1 aliphatic rings. The summed E-state index contributed by atoms with van der Waals surface area (Å²) in [4.78, 5) is 9.10. The fourth-order valence-electron chi connectivity index (χ4n) is 3.43. The minimum absolute atomic E-state index is 0.529. The number of benzene rings is 1. The summed E-state index contributed by atoms with van der Waals surface area (Å²) >= 11 is 12.1. The van der Waals surface area contributed by atoms with Gasteiger partial charge in [0.1, 0.15) is 0 Å². The molecule has 0 amide bonds. The molecule has 1 saturated carbocycles. The Bertz CT molecular complexity index is 717. The average Bonchev–Trinajstić information content (AvgIpc) is 2.65. The highest BCUT2D eigenvalue weighted by Crippen LogP contribution is 2.36. The maximum atomic E-state index is 6.08. The van der Waals surface area contributed by atoms with Crippen LogP contribution in [-0.4, -0.2) is 9.97 Å². The van der Waals surface area contributed by atoms with Crippen LogP contribution in [0.25, 0.3) is 11.4 Å². The number of nitrogens with zero attached hydrogens (tertiary/aromatic N) is 2. The predicted molar refractivity (Wildman–Crippen MR) is 106 cm³/mol. The van der Waals surface area contributed by atoms with E-state index in [2.05, 4.69) is 29.0 Å². The molecule has 0 N–H and O–H groups in total. The normalized spacial score (nSPS) is 20.9. The van der Waals surface area contributed by atoms with Crippen molar-refractivity contribution in [1.82, 2.24) is 9.97 Å². The molecule has 0 saturated heterocycles.